The maximum absolute atomic E-state index is 12.8. The molecule has 0 radical (unpaired) electrons. The highest BCUT2D eigenvalue weighted by atomic mass is 32.1. The lowest BCUT2D eigenvalue weighted by Gasteiger charge is -2.15. The summed E-state index contributed by atoms with van der Waals surface area (Å²) in [6, 6.07) is 13.7. The number of hydrogen-bond donors (Lipinski definition) is 1. The Labute approximate surface area is 173 Å². The molecule has 0 saturated carbocycles. The lowest BCUT2D eigenvalue weighted by Crippen LogP contribution is -2.30. The normalized spacial score (nSPS) is 14.1. The molecule has 1 N–H and O–H groups in total. The lowest BCUT2D eigenvalue weighted by atomic mass is 9.95. The van der Waals surface area contributed by atoms with E-state index in [1.807, 2.05) is 42.5 Å². The van der Waals surface area contributed by atoms with Crippen LogP contribution in [0.1, 0.15) is 40.6 Å². The number of aryl methyl sites for hydroxylation is 1. The van der Waals surface area contributed by atoms with Crippen LogP contribution in [-0.2, 0) is 22.4 Å². The molecule has 0 aliphatic heterocycles. The third-order valence-corrected chi connectivity index (χ3v) is 6.41. The summed E-state index contributed by atoms with van der Waals surface area (Å²) in [4.78, 5) is 26.3. The van der Waals surface area contributed by atoms with Gasteiger partial charge in [-0.2, -0.15) is 0 Å². The van der Waals surface area contributed by atoms with Gasteiger partial charge in [-0.3, -0.25) is 4.79 Å². The molecule has 0 unspecified atom stereocenters. The fourth-order valence-corrected chi connectivity index (χ4v) is 4.96. The van der Waals surface area contributed by atoms with Crippen molar-refractivity contribution < 1.29 is 19.1 Å². The Morgan fingerprint density at radius 2 is 1.83 bits per heavy atom. The second kappa shape index (κ2) is 8.25. The van der Waals surface area contributed by atoms with Gasteiger partial charge in [-0.15, -0.1) is 11.3 Å². The number of benzene rings is 2. The topological polar surface area (TPSA) is 64.6 Å². The molecule has 2 aromatic carbocycles. The van der Waals surface area contributed by atoms with Crippen LogP contribution in [0.15, 0.2) is 42.5 Å². The zero-order valence-electron chi connectivity index (χ0n) is 16.5. The Morgan fingerprint density at radius 3 is 2.62 bits per heavy atom. The maximum atomic E-state index is 12.8. The summed E-state index contributed by atoms with van der Waals surface area (Å²) in [5.41, 5.74) is 1.52. The Bertz CT molecular complexity index is 1070. The average molecular weight is 410 g/mol. The molecular weight excluding hydrogens is 386 g/mol. The minimum atomic E-state index is -0.708. The summed E-state index contributed by atoms with van der Waals surface area (Å²) >= 11 is 1.47. The number of amides is 1. The van der Waals surface area contributed by atoms with Gasteiger partial charge in [0.15, 0.2) is 6.10 Å². The molecule has 0 saturated heterocycles. The summed E-state index contributed by atoms with van der Waals surface area (Å²) in [5.74, 6) is -0.0604. The maximum Gasteiger partial charge on any atom is 0.341 e. The van der Waals surface area contributed by atoms with Crippen molar-refractivity contribution >= 4 is 39.0 Å². The van der Waals surface area contributed by atoms with Gasteiger partial charge < -0.3 is 14.8 Å². The van der Waals surface area contributed by atoms with Crippen molar-refractivity contribution in [2.75, 3.05) is 12.4 Å². The second-order valence-corrected chi connectivity index (χ2v) is 8.27. The van der Waals surface area contributed by atoms with Crippen molar-refractivity contribution in [2.24, 2.45) is 0 Å². The number of thiophene rings is 1. The Morgan fingerprint density at radius 1 is 1.07 bits per heavy atom. The molecular formula is C23H23NO4S. The molecule has 1 aliphatic rings. The summed E-state index contributed by atoms with van der Waals surface area (Å²) in [6.45, 7) is 1.70. The van der Waals surface area contributed by atoms with Crippen LogP contribution in [0, 0.1) is 0 Å². The SMILES string of the molecule is COC(=O)c1c(NC(=O)[C@@H](C)Oc2ccc3ccccc3c2)sc2c1CCCC2. The fraction of sp³-hybridized carbons (Fsp3) is 0.304. The van der Waals surface area contributed by atoms with E-state index in [1.54, 1.807) is 6.92 Å². The van der Waals surface area contributed by atoms with Crippen LogP contribution >= 0.6 is 11.3 Å². The molecule has 0 fully saturated rings. The van der Waals surface area contributed by atoms with Crippen molar-refractivity contribution in [3.05, 3.63) is 58.5 Å². The van der Waals surface area contributed by atoms with Gasteiger partial charge in [0.05, 0.1) is 12.7 Å². The van der Waals surface area contributed by atoms with E-state index in [-0.39, 0.29) is 5.91 Å². The molecule has 1 atom stereocenters. The van der Waals surface area contributed by atoms with Crippen molar-refractivity contribution in [1.29, 1.82) is 0 Å². The second-order valence-electron chi connectivity index (χ2n) is 7.16. The Balaban J connectivity index is 1.52. The average Bonchev–Trinajstić information content (AvgIpc) is 3.10. The highest BCUT2D eigenvalue weighted by Crippen LogP contribution is 2.38. The quantitative estimate of drug-likeness (QED) is 0.604. The first kappa shape index (κ1) is 19.5. The summed E-state index contributed by atoms with van der Waals surface area (Å²) in [7, 11) is 1.37. The molecule has 3 aromatic rings. The standard InChI is InChI=1S/C23H23NO4S/c1-14(28-17-12-11-15-7-3-4-8-16(15)13-17)21(25)24-22-20(23(26)27-2)18-9-5-6-10-19(18)29-22/h3-4,7-8,11-14H,5-6,9-10H2,1-2H3,(H,24,25)/t14-/m1/s1. The van der Waals surface area contributed by atoms with E-state index in [9.17, 15) is 9.59 Å². The molecule has 6 heteroatoms. The minimum Gasteiger partial charge on any atom is -0.481 e. The molecule has 5 nitrogen and oxygen atoms in total. The molecule has 1 aromatic heterocycles. The zero-order valence-corrected chi connectivity index (χ0v) is 17.3. The third-order valence-electron chi connectivity index (χ3n) is 5.20. The highest BCUT2D eigenvalue weighted by molar-refractivity contribution is 7.17. The smallest absolute Gasteiger partial charge is 0.341 e. The van der Waals surface area contributed by atoms with Crippen LogP contribution in [0.4, 0.5) is 5.00 Å². The van der Waals surface area contributed by atoms with Crippen LogP contribution in [0.25, 0.3) is 10.8 Å². The Kier molecular flexibility index (Phi) is 5.53. The van der Waals surface area contributed by atoms with E-state index in [0.717, 1.165) is 46.9 Å². The number of nitrogens with one attached hydrogen (secondary N) is 1. The van der Waals surface area contributed by atoms with E-state index in [0.29, 0.717) is 16.3 Å². The van der Waals surface area contributed by atoms with E-state index in [4.69, 9.17) is 9.47 Å². The van der Waals surface area contributed by atoms with E-state index < -0.39 is 12.1 Å². The molecule has 0 bridgehead atoms. The Hall–Kier alpha value is -2.86. The van der Waals surface area contributed by atoms with Crippen molar-refractivity contribution in [3.63, 3.8) is 0 Å². The minimum absolute atomic E-state index is 0.290. The zero-order chi connectivity index (χ0) is 20.4. The van der Waals surface area contributed by atoms with Gasteiger partial charge in [0.1, 0.15) is 10.8 Å². The number of ether oxygens (including phenoxy) is 2. The number of esters is 1. The first-order valence-electron chi connectivity index (χ1n) is 9.76. The van der Waals surface area contributed by atoms with Gasteiger partial charge in [0.25, 0.3) is 5.91 Å². The number of anilines is 1. The lowest BCUT2D eigenvalue weighted by molar-refractivity contribution is -0.122. The number of rotatable bonds is 5. The predicted molar refractivity (Wildman–Crippen MR) is 115 cm³/mol. The summed E-state index contributed by atoms with van der Waals surface area (Å²) in [6.07, 6.45) is 3.21. The number of carbonyl (C=O) groups is 2. The largest absolute Gasteiger partial charge is 0.481 e. The molecule has 1 aliphatic carbocycles. The van der Waals surface area contributed by atoms with E-state index in [1.165, 1.54) is 18.4 Å². The molecule has 150 valence electrons. The fourth-order valence-electron chi connectivity index (χ4n) is 3.68. The molecule has 1 heterocycles. The van der Waals surface area contributed by atoms with Crippen molar-refractivity contribution in [1.82, 2.24) is 0 Å². The summed E-state index contributed by atoms with van der Waals surface area (Å²) in [5, 5.41) is 5.62. The van der Waals surface area contributed by atoms with Crippen LogP contribution < -0.4 is 10.1 Å². The van der Waals surface area contributed by atoms with Crippen LogP contribution in [0.5, 0.6) is 5.75 Å². The van der Waals surface area contributed by atoms with Crippen LogP contribution in [0.2, 0.25) is 0 Å². The molecule has 29 heavy (non-hydrogen) atoms. The number of hydrogen-bond acceptors (Lipinski definition) is 5. The number of methoxy groups -OCH3 is 1. The third kappa shape index (κ3) is 3.98. The van der Waals surface area contributed by atoms with Gasteiger partial charge >= 0.3 is 5.97 Å². The molecule has 1 amide bonds. The van der Waals surface area contributed by atoms with Crippen LogP contribution in [0.3, 0.4) is 0 Å². The number of fused-ring (bicyclic) bond motifs is 2. The highest BCUT2D eigenvalue weighted by Gasteiger charge is 2.28. The molecule has 4 rings (SSSR count). The monoisotopic (exact) mass is 409 g/mol. The van der Waals surface area contributed by atoms with Crippen LogP contribution in [-0.4, -0.2) is 25.1 Å². The van der Waals surface area contributed by atoms with E-state index in [2.05, 4.69) is 5.32 Å². The molecule has 0 spiro atoms. The van der Waals surface area contributed by atoms with Crippen molar-refractivity contribution in [2.45, 2.75) is 38.7 Å². The van der Waals surface area contributed by atoms with Gasteiger partial charge in [-0.1, -0.05) is 30.3 Å². The van der Waals surface area contributed by atoms with Gasteiger partial charge in [0, 0.05) is 4.88 Å². The number of carbonyl (C=O) groups excluding carboxylic acids is 2. The van der Waals surface area contributed by atoms with Gasteiger partial charge in [0.2, 0.25) is 0 Å². The van der Waals surface area contributed by atoms with Crippen molar-refractivity contribution in [3.8, 4) is 5.75 Å². The first-order valence-corrected chi connectivity index (χ1v) is 10.6. The first-order chi connectivity index (χ1) is 14.1. The predicted octanol–water partition coefficient (Wildman–Crippen LogP) is 4.97. The van der Waals surface area contributed by atoms with Gasteiger partial charge in [-0.05, 0) is 61.1 Å². The van der Waals surface area contributed by atoms with Gasteiger partial charge in [-0.25, -0.2) is 4.79 Å². The van der Waals surface area contributed by atoms with E-state index >= 15 is 0 Å². The summed E-state index contributed by atoms with van der Waals surface area (Å²) < 4.78 is 10.8.